The molecule has 1 saturated carbocycles. The van der Waals surface area contributed by atoms with E-state index in [0.29, 0.717) is 19.4 Å². The predicted molar refractivity (Wildman–Crippen MR) is 88.4 cm³/mol. The average molecular weight is 310 g/mol. The van der Waals surface area contributed by atoms with Crippen molar-refractivity contribution in [1.29, 1.82) is 5.26 Å². The number of hydrogen-bond donors (Lipinski definition) is 1. The minimum absolute atomic E-state index is 0.144. The summed E-state index contributed by atoms with van der Waals surface area (Å²) in [7, 11) is 0. The number of carbonyl (C=O) groups excluding carboxylic acids is 1. The highest BCUT2D eigenvalue weighted by Gasteiger charge is 2.39. The maximum Gasteiger partial charge on any atom is 0.240 e. The van der Waals surface area contributed by atoms with E-state index in [0.717, 1.165) is 42.7 Å². The average Bonchev–Trinajstić information content (AvgIpc) is 2.97. The predicted octanol–water partition coefficient (Wildman–Crippen LogP) is 3.15. The molecule has 2 aromatic rings. The van der Waals surface area contributed by atoms with Crippen molar-refractivity contribution >= 4 is 16.9 Å². The molecule has 1 fully saturated rings. The van der Waals surface area contributed by atoms with Crippen LogP contribution in [0.4, 0.5) is 0 Å². The van der Waals surface area contributed by atoms with Crippen LogP contribution in [0.5, 0.6) is 0 Å². The quantitative estimate of drug-likeness (QED) is 0.943. The number of carbonyl (C=O) groups is 1. The fourth-order valence-electron chi connectivity index (χ4n) is 3.49. The number of nitrogens with zero attached hydrogens (tertiary/aromatic N) is 3. The molecule has 5 nitrogen and oxygen atoms in total. The van der Waals surface area contributed by atoms with E-state index in [1.54, 1.807) is 0 Å². The van der Waals surface area contributed by atoms with Gasteiger partial charge in [-0.3, -0.25) is 4.79 Å². The van der Waals surface area contributed by atoms with Gasteiger partial charge in [-0.05, 0) is 31.9 Å². The lowest BCUT2D eigenvalue weighted by Gasteiger charge is -2.29. The molecule has 0 spiro atoms. The largest absolute Gasteiger partial charge is 0.347 e. The molecule has 5 heteroatoms. The molecule has 120 valence electrons. The first-order valence-corrected chi connectivity index (χ1v) is 8.34. The van der Waals surface area contributed by atoms with Gasteiger partial charge in [0.2, 0.25) is 5.91 Å². The molecule has 1 aromatic heterocycles. The van der Waals surface area contributed by atoms with Crippen molar-refractivity contribution in [2.24, 2.45) is 5.41 Å². The lowest BCUT2D eigenvalue weighted by Crippen LogP contribution is -2.41. The lowest BCUT2D eigenvalue weighted by molar-refractivity contribution is -0.129. The number of fused-ring (bicyclic) bond motifs is 1. The number of aromatic nitrogens is 2. The smallest absolute Gasteiger partial charge is 0.240 e. The zero-order valence-corrected chi connectivity index (χ0v) is 13.5. The maximum atomic E-state index is 12.6. The van der Waals surface area contributed by atoms with Gasteiger partial charge in [-0.15, -0.1) is 0 Å². The number of nitrogens with one attached hydrogen (secondary N) is 1. The van der Waals surface area contributed by atoms with Crippen molar-refractivity contribution in [1.82, 2.24) is 14.9 Å². The molecule has 1 amide bonds. The Labute approximate surface area is 136 Å². The molecule has 1 aliphatic rings. The summed E-state index contributed by atoms with van der Waals surface area (Å²) in [6.07, 6.45) is 4.35. The van der Waals surface area contributed by atoms with Crippen LogP contribution in [-0.4, -0.2) is 15.5 Å². The first-order chi connectivity index (χ1) is 11.2. The van der Waals surface area contributed by atoms with Gasteiger partial charge >= 0.3 is 0 Å². The maximum absolute atomic E-state index is 12.6. The molecule has 1 N–H and O–H groups in total. The van der Waals surface area contributed by atoms with Crippen LogP contribution < -0.4 is 5.32 Å². The van der Waals surface area contributed by atoms with Crippen molar-refractivity contribution in [3.8, 4) is 6.07 Å². The highest BCUT2D eigenvalue weighted by Crippen LogP contribution is 2.35. The zero-order chi connectivity index (χ0) is 16.3. The normalized spacial score (nSPS) is 16.9. The van der Waals surface area contributed by atoms with Crippen LogP contribution in [0.1, 0.15) is 44.9 Å². The van der Waals surface area contributed by atoms with E-state index in [2.05, 4.69) is 27.9 Å². The number of hydrogen-bond acceptors (Lipinski definition) is 3. The minimum Gasteiger partial charge on any atom is -0.347 e. The number of benzene rings is 1. The van der Waals surface area contributed by atoms with E-state index >= 15 is 0 Å². The van der Waals surface area contributed by atoms with Crippen molar-refractivity contribution in [3.63, 3.8) is 0 Å². The molecular formula is C18H22N4O. The van der Waals surface area contributed by atoms with E-state index in [4.69, 9.17) is 0 Å². The second kappa shape index (κ2) is 6.41. The van der Waals surface area contributed by atoms with Gasteiger partial charge < -0.3 is 9.88 Å². The summed E-state index contributed by atoms with van der Waals surface area (Å²) >= 11 is 0. The summed E-state index contributed by atoms with van der Waals surface area (Å²) in [5, 5.41) is 12.4. The first-order valence-electron chi connectivity index (χ1n) is 8.34. The van der Waals surface area contributed by atoms with E-state index in [1.165, 1.54) is 0 Å². The molecular weight excluding hydrogens is 288 g/mol. The Hall–Kier alpha value is -2.35. The highest BCUT2D eigenvalue weighted by molar-refractivity contribution is 5.85. The van der Waals surface area contributed by atoms with Crippen molar-refractivity contribution in [2.75, 3.05) is 0 Å². The molecule has 0 aliphatic heterocycles. The third-order valence-corrected chi connectivity index (χ3v) is 4.81. The molecule has 0 saturated heterocycles. The van der Waals surface area contributed by atoms with E-state index in [-0.39, 0.29) is 5.91 Å². The summed E-state index contributed by atoms with van der Waals surface area (Å²) in [5.41, 5.74) is 1.17. The second-order valence-corrected chi connectivity index (χ2v) is 6.20. The molecule has 23 heavy (non-hydrogen) atoms. The van der Waals surface area contributed by atoms with Crippen LogP contribution >= 0.6 is 0 Å². The van der Waals surface area contributed by atoms with Crippen LogP contribution in [0.2, 0.25) is 0 Å². The summed E-state index contributed by atoms with van der Waals surface area (Å²) in [5.74, 6) is 0.695. The Balaban J connectivity index is 1.78. The third kappa shape index (κ3) is 2.81. The molecule has 0 unspecified atom stereocenters. The number of amides is 1. The Kier molecular flexibility index (Phi) is 4.33. The van der Waals surface area contributed by atoms with Crippen LogP contribution in [0.3, 0.4) is 0 Å². The van der Waals surface area contributed by atoms with Crippen LogP contribution in [0.25, 0.3) is 11.0 Å². The number of aryl methyl sites for hydroxylation is 1. The molecule has 0 bridgehead atoms. The Bertz CT molecular complexity index is 750. The van der Waals surface area contributed by atoms with E-state index in [9.17, 15) is 10.1 Å². The first kappa shape index (κ1) is 15.5. The standard InChI is InChI=1S/C18H22N4O/c1-2-22-15-9-5-4-8-14(15)21-16(22)12-20-17(23)18(13-19)10-6-3-7-11-18/h4-5,8-9H,2-3,6-7,10-12H2,1H3,(H,20,23). The third-order valence-electron chi connectivity index (χ3n) is 4.81. The minimum atomic E-state index is -0.846. The van der Waals surface area contributed by atoms with E-state index < -0.39 is 5.41 Å². The van der Waals surface area contributed by atoms with Crippen LogP contribution in [0, 0.1) is 16.7 Å². The number of imidazole rings is 1. The van der Waals surface area contributed by atoms with Gasteiger partial charge in [0.25, 0.3) is 0 Å². The fourth-order valence-corrected chi connectivity index (χ4v) is 3.49. The van der Waals surface area contributed by atoms with Crippen molar-refractivity contribution in [3.05, 3.63) is 30.1 Å². The summed E-state index contributed by atoms with van der Waals surface area (Å²) in [4.78, 5) is 17.2. The van der Waals surface area contributed by atoms with Gasteiger partial charge in [-0.2, -0.15) is 5.26 Å². The summed E-state index contributed by atoms with van der Waals surface area (Å²) in [6, 6.07) is 10.2. The molecule has 3 rings (SSSR count). The Morgan fingerprint density at radius 1 is 1.35 bits per heavy atom. The SMILES string of the molecule is CCn1c(CNC(=O)C2(C#N)CCCCC2)nc2ccccc21. The fraction of sp³-hybridized carbons (Fsp3) is 0.500. The second-order valence-electron chi connectivity index (χ2n) is 6.20. The van der Waals surface area contributed by atoms with Crippen LogP contribution in [-0.2, 0) is 17.9 Å². The molecule has 0 radical (unpaired) electrons. The van der Waals surface area contributed by atoms with Gasteiger partial charge in [0.1, 0.15) is 11.2 Å². The van der Waals surface area contributed by atoms with Crippen molar-refractivity contribution < 1.29 is 4.79 Å². The van der Waals surface area contributed by atoms with Gasteiger partial charge in [0.15, 0.2) is 0 Å². The molecule has 0 atom stereocenters. The van der Waals surface area contributed by atoms with Gasteiger partial charge in [-0.25, -0.2) is 4.98 Å². The highest BCUT2D eigenvalue weighted by atomic mass is 16.2. The monoisotopic (exact) mass is 310 g/mol. The number of nitriles is 1. The molecule has 1 heterocycles. The summed E-state index contributed by atoms with van der Waals surface area (Å²) in [6.45, 7) is 3.23. The molecule has 1 aliphatic carbocycles. The molecule has 1 aromatic carbocycles. The van der Waals surface area contributed by atoms with E-state index in [1.807, 2.05) is 24.3 Å². The summed E-state index contributed by atoms with van der Waals surface area (Å²) < 4.78 is 2.11. The van der Waals surface area contributed by atoms with Gasteiger partial charge in [0.05, 0.1) is 23.6 Å². The topological polar surface area (TPSA) is 70.7 Å². The lowest BCUT2D eigenvalue weighted by atomic mass is 9.74. The van der Waals surface area contributed by atoms with Crippen molar-refractivity contribution in [2.45, 2.75) is 52.1 Å². The number of rotatable bonds is 4. The zero-order valence-electron chi connectivity index (χ0n) is 13.5. The number of para-hydroxylation sites is 2. The van der Waals surface area contributed by atoms with Gasteiger partial charge in [-0.1, -0.05) is 31.4 Å². The van der Waals surface area contributed by atoms with Gasteiger partial charge in [0, 0.05) is 6.54 Å². The van der Waals surface area contributed by atoms with Crippen LogP contribution in [0.15, 0.2) is 24.3 Å². The Morgan fingerprint density at radius 3 is 2.78 bits per heavy atom. The Morgan fingerprint density at radius 2 is 2.09 bits per heavy atom.